The Labute approximate surface area is 110 Å². The summed E-state index contributed by atoms with van der Waals surface area (Å²) in [5, 5.41) is 0. The Morgan fingerprint density at radius 1 is 1.26 bits per heavy atom. The highest BCUT2D eigenvalue weighted by Gasteiger charge is 2.35. The van der Waals surface area contributed by atoms with Gasteiger partial charge in [0, 0.05) is 11.6 Å². The van der Waals surface area contributed by atoms with Crippen molar-refractivity contribution in [3.05, 3.63) is 35.1 Å². The van der Waals surface area contributed by atoms with Crippen LogP contribution >= 0.6 is 0 Å². The molecule has 19 heavy (non-hydrogen) atoms. The minimum atomic E-state index is -4.69. The summed E-state index contributed by atoms with van der Waals surface area (Å²) in [5.41, 5.74) is 4.53. The van der Waals surface area contributed by atoms with Gasteiger partial charge in [0.2, 0.25) is 0 Å². The van der Waals surface area contributed by atoms with E-state index in [1.165, 1.54) is 12.1 Å². The maximum absolute atomic E-state index is 13.9. The number of alkyl halides is 3. The Balaban J connectivity index is 2.95. The van der Waals surface area contributed by atoms with Crippen molar-refractivity contribution in [2.24, 2.45) is 11.7 Å². The van der Waals surface area contributed by atoms with E-state index in [2.05, 4.69) is 0 Å². The van der Waals surface area contributed by atoms with Crippen molar-refractivity contribution in [3.8, 4) is 0 Å². The van der Waals surface area contributed by atoms with Gasteiger partial charge in [-0.15, -0.1) is 0 Å². The molecule has 0 spiro atoms. The van der Waals surface area contributed by atoms with Crippen molar-refractivity contribution in [3.63, 3.8) is 0 Å². The number of rotatable bonds is 5. The van der Waals surface area contributed by atoms with Gasteiger partial charge in [-0.2, -0.15) is 13.2 Å². The van der Waals surface area contributed by atoms with E-state index in [1.54, 1.807) is 0 Å². The Bertz CT molecular complexity index is 414. The average Bonchev–Trinajstić information content (AvgIpc) is 2.27. The van der Waals surface area contributed by atoms with Gasteiger partial charge in [-0.05, 0) is 18.4 Å². The monoisotopic (exact) mass is 277 g/mol. The molecule has 1 aromatic carbocycles. The van der Waals surface area contributed by atoms with Crippen LogP contribution in [0.4, 0.5) is 17.6 Å². The minimum absolute atomic E-state index is 0.0576. The van der Waals surface area contributed by atoms with Crippen molar-refractivity contribution in [2.75, 3.05) is 0 Å². The lowest BCUT2D eigenvalue weighted by Crippen LogP contribution is -2.18. The molecule has 0 bridgehead atoms. The van der Waals surface area contributed by atoms with Crippen LogP contribution in [0.5, 0.6) is 0 Å². The molecule has 2 N–H and O–H groups in total. The van der Waals surface area contributed by atoms with Crippen LogP contribution in [0.1, 0.15) is 50.3 Å². The highest BCUT2D eigenvalue weighted by atomic mass is 19.4. The first kappa shape index (κ1) is 16.0. The molecule has 0 saturated carbocycles. The van der Waals surface area contributed by atoms with Crippen LogP contribution in [-0.2, 0) is 6.18 Å². The second-order valence-electron chi connectivity index (χ2n) is 4.94. The lowest BCUT2D eigenvalue weighted by Gasteiger charge is -2.19. The Morgan fingerprint density at radius 2 is 1.89 bits per heavy atom. The molecule has 0 saturated heterocycles. The molecule has 1 aromatic rings. The molecule has 1 nitrogen and oxygen atoms in total. The molecule has 0 fully saturated rings. The van der Waals surface area contributed by atoms with E-state index in [-0.39, 0.29) is 11.5 Å². The molecule has 2 atom stereocenters. The van der Waals surface area contributed by atoms with E-state index >= 15 is 0 Å². The third-order valence-corrected chi connectivity index (χ3v) is 3.17. The number of benzene rings is 1. The number of hydrogen-bond acceptors (Lipinski definition) is 1. The van der Waals surface area contributed by atoms with Gasteiger partial charge in [-0.25, -0.2) is 4.39 Å². The maximum atomic E-state index is 13.9. The molecule has 0 aromatic heterocycles. The predicted octanol–water partition coefficient (Wildman–Crippen LogP) is 4.67. The summed E-state index contributed by atoms with van der Waals surface area (Å²) in [4.78, 5) is 0. The topological polar surface area (TPSA) is 26.0 Å². The van der Waals surface area contributed by atoms with Crippen LogP contribution < -0.4 is 5.73 Å². The van der Waals surface area contributed by atoms with Crippen LogP contribution in [0.2, 0.25) is 0 Å². The molecule has 0 amide bonds. The van der Waals surface area contributed by atoms with Crippen molar-refractivity contribution in [1.82, 2.24) is 0 Å². The molecule has 0 aliphatic carbocycles. The summed E-state index contributed by atoms with van der Waals surface area (Å²) in [5.74, 6) is -0.986. The largest absolute Gasteiger partial charge is 0.419 e. The fourth-order valence-electron chi connectivity index (χ4n) is 2.23. The predicted molar refractivity (Wildman–Crippen MR) is 67.0 cm³/mol. The highest BCUT2D eigenvalue weighted by Crippen LogP contribution is 2.34. The molecular formula is C14H19F4N. The van der Waals surface area contributed by atoms with Gasteiger partial charge in [0.05, 0.1) is 5.56 Å². The van der Waals surface area contributed by atoms with Crippen molar-refractivity contribution in [1.29, 1.82) is 0 Å². The molecule has 1 rings (SSSR count). The summed E-state index contributed by atoms with van der Waals surface area (Å²) in [6, 6.07) is 2.56. The summed E-state index contributed by atoms with van der Waals surface area (Å²) in [6.45, 7) is 3.99. The summed E-state index contributed by atoms with van der Waals surface area (Å²) >= 11 is 0. The number of nitrogens with two attached hydrogens (primary N) is 1. The second-order valence-corrected chi connectivity index (χ2v) is 4.94. The van der Waals surface area contributed by atoms with Crippen LogP contribution in [0.3, 0.4) is 0 Å². The van der Waals surface area contributed by atoms with Crippen LogP contribution in [-0.4, -0.2) is 0 Å². The van der Waals surface area contributed by atoms with E-state index in [4.69, 9.17) is 5.73 Å². The molecular weight excluding hydrogens is 258 g/mol. The molecule has 108 valence electrons. The first-order chi connectivity index (χ1) is 8.77. The summed E-state index contributed by atoms with van der Waals surface area (Å²) in [7, 11) is 0. The smallest absolute Gasteiger partial charge is 0.324 e. The number of hydrogen-bond donors (Lipinski definition) is 1. The summed E-state index contributed by atoms with van der Waals surface area (Å²) in [6.07, 6.45) is -2.31. The maximum Gasteiger partial charge on any atom is 0.419 e. The molecule has 0 radical (unpaired) electrons. The Kier molecular flexibility index (Phi) is 5.35. The Morgan fingerprint density at radius 3 is 2.42 bits per heavy atom. The van der Waals surface area contributed by atoms with Crippen molar-refractivity contribution >= 4 is 0 Å². The third kappa shape index (κ3) is 4.20. The van der Waals surface area contributed by atoms with E-state index < -0.39 is 23.6 Å². The highest BCUT2D eigenvalue weighted by molar-refractivity contribution is 5.30. The van der Waals surface area contributed by atoms with E-state index in [0.717, 1.165) is 18.9 Å². The first-order valence-corrected chi connectivity index (χ1v) is 6.38. The normalized spacial score (nSPS) is 15.3. The Hall–Kier alpha value is -1.10. The van der Waals surface area contributed by atoms with E-state index in [9.17, 15) is 17.6 Å². The zero-order chi connectivity index (χ0) is 14.6. The molecule has 2 unspecified atom stereocenters. The van der Waals surface area contributed by atoms with Gasteiger partial charge in [0.15, 0.2) is 0 Å². The summed E-state index contributed by atoms with van der Waals surface area (Å²) < 4.78 is 51.6. The van der Waals surface area contributed by atoms with Gasteiger partial charge in [0.1, 0.15) is 5.82 Å². The van der Waals surface area contributed by atoms with Gasteiger partial charge in [0.25, 0.3) is 0 Å². The van der Waals surface area contributed by atoms with Gasteiger partial charge in [-0.3, -0.25) is 0 Å². The average molecular weight is 277 g/mol. The van der Waals surface area contributed by atoms with Crippen LogP contribution in [0.25, 0.3) is 0 Å². The first-order valence-electron chi connectivity index (χ1n) is 6.38. The van der Waals surface area contributed by atoms with Crippen molar-refractivity contribution in [2.45, 2.75) is 45.3 Å². The van der Waals surface area contributed by atoms with Gasteiger partial charge in [-0.1, -0.05) is 38.8 Å². The lowest BCUT2D eigenvalue weighted by atomic mass is 9.92. The SMILES string of the molecule is CCCC(C)CC(N)c1cccc(C(F)(F)F)c1F. The molecule has 0 aliphatic heterocycles. The fraction of sp³-hybridized carbons (Fsp3) is 0.571. The lowest BCUT2D eigenvalue weighted by molar-refractivity contribution is -0.140. The zero-order valence-corrected chi connectivity index (χ0v) is 11.1. The molecule has 5 heteroatoms. The van der Waals surface area contributed by atoms with Gasteiger partial charge >= 0.3 is 6.18 Å². The van der Waals surface area contributed by atoms with E-state index in [0.29, 0.717) is 6.42 Å². The van der Waals surface area contributed by atoms with Gasteiger partial charge < -0.3 is 5.73 Å². The fourth-order valence-corrected chi connectivity index (χ4v) is 2.23. The van der Waals surface area contributed by atoms with E-state index in [1.807, 2.05) is 13.8 Å². The zero-order valence-electron chi connectivity index (χ0n) is 11.1. The molecule has 0 aliphatic rings. The van der Waals surface area contributed by atoms with Crippen molar-refractivity contribution < 1.29 is 17.6 Å². The third-order valence-electron chi connectivity index (χ3n) is 3.17. The quantitative estimate of drug-likeness (QED) is 0.777. The van der Waals surface area contributed by atoms with Crippen LogP contribution in [0, 0.1) is 11.7 Å². The standard InChI is InChI=1S/C14H19F4N/c1-3-5-9(2)8-12(19)10-6-4-7-11(13(10)15)14(16,17)18/h4,6-7,9,12H,3,5,8,19H2,1-2H3. The second kappa shape index (κ2) is 6.37. The minimum Gasteiger partial charge on any atom is -0.324 e. The van der Waals surface area contributed by atoms with Crippen LogP contribution in [0.15, 0.2) is 18.2 Å². The molecule has 0 heterocycles. The number of halogens is 4.